The maximum atomic E-state index is 11.9. The normalized spacial score (nSPS) is 10.6. The fourth-order valence-corrected chi connectivity index (χ4v) is 1.94. The molecule has 20 heavy (non-hydrogen) atoms. The molecule has 0 radical (unpaired) electrons. The molecule has 2 aromatic carbocycles. The van der Waals surface area contributed by atoms with Crippen LogP contribution in [-0.2, 0) is 0 Å². The highest BCUT2D eigenvalue weighted by molar-refractivity contribution is 5.94. The van der Waals surface area contributed by atoms with Crippen LogP contribution in [0.5, 0.6) is 0 Å². The molecule has 0 saturated carbocycles. The molecule has 2 rings (SSSR count). The van der Waals surface area contributed by atoms with Gasteiger partial charge in [-0.05, 0) is 37.4 Å². The molecule has 2 aromatic rings. The number of carbonyl (C=O) groups is 1. The third-order valence-corrected chi connectivity index (χ3v) is 3.10. The molecule has 0 bridgehead atoms. The smallest absolute Gasteiger partial charge is 0.251 e. The Morgan fingerprint density at radius 3 is 2.15 bits per heavy atom. The van der Waals surface area contributed by atoms with Gasteiger partial charge in [0.15, 0.2) is 0 Å². The van der Waals surface area contributed by atoms with Crippen molar-refractivity contribution in [3.63, 3.8) is 0 Å². The van der Waals surface area contributed by atoms with Crippen LogP contribution in [0.25, 0.3) is 11.1 Å². The Balaban J connectivity index is 1.99. The Morgan fingerprint density at radius 2 is 1.55 bits per heavy atom. The second-order valence-electron chi connectivity index (χ2n) is 5.00. The minimum absolute atomic E-state index is 0.0218. The average Bonchev–Trinajstić information content (AvgIpc) is 2.48. The first-order chi connectivity index (χ1) is 9.66. The van der Waals surface area contributed by atoms with E-state index in [1.54, 1.807) is 0 Å². The van der Waals surface area contributed by atoms with Gasteiger partial charge in [-0.2, -0.15) is 0 Å². The van der Waals surface area contributed by atoms with Gasteiger partial charge in [-0.25, -0.2) is 0 Å². The molecule has 0 spiro atoms. The standard InChI is InChI=1S/C17H20N2O/c1-19(2)13-12-18-17(20)16-10-8-15(9-11-16)14-6-4-3-5-7-14/h3-11H,12-13H2,1-2H3,(H,18,20). The molecule has 0 aliphatic carbocycles. The monoisotopic (exact) mass is 268 g/mol. The van der Waals surface area contributed by atoms with Gasteiger partial charge in [0.2, 0.25) is 0 Å². The van der Waals surface area contributed by atoms with Crippen molar-refractivity contribution in [2.75, 3.05) is 27.2 Å². The van der Waals surface area contributed by atoms with Crippen LogP contribution in [0.1, 0.15) is 10.4 Å². The highest BCUT2D eigenvalue weighted by atomic mass is 16.1. The van der Waals surface area contributed by atoms with Gasteiger partial charge < -0.3 is 10.2 Å². The molecule has 0 atom stereocenters. The predicted molar refractivity (Wildman–Crippen MR) is 82.8 cm³/mol. The zero-order valence-corrected chi connectivity index (χ0v) is 12.0. The SMILES string of the molecule is CN(C)CCNC(=O)c1ccc(-c2ccccc2)cc1. The lowest BCUT2D eigenvalue weighted by molar-refractivity contribution is 0.0951. The lowest BCUT2D eigenvalue weighted by Gasteiger charge is -2.10. The van der Waals surface area contributed by atoms with Crippen LogP contribution in [0.15, 0.2) is 54.6 Å². The summed E-state index contributed by atoms with van der Waals surface area (Å²) in [5.41, 5.74) is 2.98. The maximum absolute atomic E-state index is 11.9. The second-order valence-corrected chi connectivity index (χ2v) is 5.00. The quantitative estimate of drug-likeness (QED) is 0.904. The molecular weight excluding hydrogens is 248 g/mol. The molecule has 104 valence electrons. The number of nitrogens with one attached hydrogen (secondary N) is 1. The number of amides is 1. The minimum Gasteiger partial charge on any atom is -0.351 e. The Bertz CT molecular complexity index is 547. The van der Waals surface area contributed by atoms with Crippen LogP contribution in [0.4, 0.5) is 0 Å². The summed E-state index contributed by atoms with van der Waals surface area (Å²) in [5.74, 6) is -0.0218. The van der Waals surface area contributed by atoms with Crippen molar-refractivity contribution in [2.24, 2.45) is 0 Å². The summed E-state index contributed by atoms with van der Waals surface area (Å²) in [5, 5.41) is 2.91. The molecule has 0 aliphatic heterocycles. The van der Waals surface area contributed by atoms with Crippen molar-refractivity contribution in [1.82, 2.24) is 10.2 Å². The summed E-state index contributed by atoms with van der Waals surface area (Å²) in [6.45, 7) is 1.50. The first kappa shape index (κ1) is 14.3. The summed E-state index contributed by atoms with van der Waals surface area (Å²) in [6, 6.07) is 17.8. The third kappa shape index (κ3) is 3.93. The fourth-order valence-electron chi connectivity index (χ4n) is 1.94. The Morgan fingerprint density at radius 1 is 0.950 bits per heavy atom. The van der Waals surface area contributed by atoms with Crippen molar-refractivity contribution in [3.8, 4) is 11.1 Å². The van der Waals surface area contributed by atoms with Crippen LogP contribution < -0.4 is 5.32 Å². The number of hydrogen-bond donors (Lipinski definition) is 1. The van der Waals surface area contributed by atoms with E-state index in [4.69, 9.17) is 0 Å². The van der Waals surface area contributed by atoms with Gasteiger partial charge in [0.25, 0.3) is 5.91 Å². The summed E-state index contributed by atoms with van der Waals surface area (Å²) < 4.78 is 0. The van der Waals surface area contributed by atoms with Gasteiger partial charge in [-0.1, -0.05) is 42.5 Å². The van der Waals surface area contributed by atoms with E-state index in [1.165, 1.54) is 0 Å². The van der Waals surface area contributed by atoms with Crippen LogP contribution in [0.2, 0.25) is 0 Å². The molecule has 1 amide bonds. The number of benzene rings is 2. The Kier molecular flexibility index (Phi) is 4.91. The molecule has 0 unspecified atom stereocenters. The van der Waals surface area contributed by atoms with Crippen molar-refractivity contribution in [1.29, 1.82) is 0 Å². The van der Waals surface area contributed by atoms with Gasteiger partial charge in [0, 0.05) is 18.7 Å². The molecule has 0 saturated heterocycles. The minimum atomic E-state index is -0.0218. The first-order valence-electron chi connectivity index (χ1n) is 6.75. The highest BCUT2D eigenvalue weighted by Gasteiger charge is 2.05. The van der Waals surface area contributed by atoms with Crippen molar-refractivity contribution in [3.05, 3.63) is 60.2 Å². The number of nitrogens with zero attached hydrogens (tertiary/aromatic N) is 1. The lowest BCUT2D eigenvalue weighted by atomic mass is 10.0. The molecule has 0 heterocycles. The first-order valence-corrected chi connectivity index (χ1v) is 6.75. The van der Waals surface area contributed by atoms with Crippen molar-refractivity contribution < 1.29 is 4.79 Å². The van der Waals surface area contributed by atoms with E-state index >= 15 is 0 Å². The van der Waals surface area contributed by atoms with E-state index < -0.39 is 0 Å². The third-order valence-electron chi connectivity index (χ3n) is 3.10. The fraction of sp³-hybridized carbons (Fsp3) is 0.235. The Hall–Kier alpha value is -2.13. The summed E-state index contributed by atoms with van der Waals surface area (Å²) in [7, 11) is 3.97. The van der Waals surface area contributed by atoms with Gasteiger partial charge >= 0.3 is 0 Å². The number of likely N-dealkylation sites (N-methyl/N-ethyl adjacent to an activating group) is 1. The van der Waals surface area contributed by atoms with Crippen molar-refractivity contribution >= 4 is 5.91 Å². The highest BCUT2D eigenvalue weighted by Crippen LogP contribution is 2.19. The molecule has 0 fully saturated rings. The lowest BCUT2D eigenvalue weighted by Crippen LogP contribution is -2.31. The van der Waals surface area contributed by atoms with Crippen LogP contribution in [0.3, 0.4) is 0 Å². The van der Waals surface area contributed by atoms with Crippen LogP contribution in [0, 0.1) is 0 Å². The van der Waals surface area contributed by atoms with E-state index in [0.717, 1.165) is 17.7 Å². The van der Waals surface area contributed by atoms with E-state index in [0.29, 0.717) is 12.1 Å². The van der Waals surface area contributed by atoms with Crippen LogP contribution >= 0.6 is 0 Å². The topological polar surface area (TPSA) is 32.3 Å². The zero-order chi connectivity index (χ0) is 14.4. The van der Waals surface area contributed by atoms with Crippen molar-refractivity contribution in [2.45, 2.75) is 0 Å². The predicted octanol–water partition coefficient (Wildman–Crippen LogP) is 2.65. The molecule has 3 nitrogen and oxygen atoms in total. The molecular formula is C17H20N2O. The summed E-state index contributed by atoms with van der Waals surface area (Å²) in [4.78, 5) is 14.0. The molecule has 3 heteroatoms. The Labute approximate surface area is 120 Å². The largest absolute Gasteiger partial charge is 0.351 e. The summed E-state index contributed by atoms with van der Waals surface area (Å²) >= 11 is 0. The second kappa shape index (κ2) is 6.87. The van der Waals surface area contributed by atoms with Gasteiger partial charge in [0.05, 0.1) is 0 Å². The number of rotatable bonds is 5. The van der Waals surface area contributed by atoms with E-state index in [-0.39, 0.29) is 5.91 Å². The maximum Gasteiger partial charge on any atom is 0.251 e. The van der Waals surface area contributed by atoms with Gasteiger partial charge in [-0.15, -0.1) is 0 Å². The summed E-state index contributed by atoms with van der Waals surface area (Å²) in [6.07, 6.45) is 0. The molecule has 0 aliphatic rings. The zero-order valence-electron chi connectivity index (χ0n) is 12.0. The molecule has 0 aromatic heterocycles. The van der Waals surface area contributed by atoms with Crippen LogP contribution in [-0.4, -0.2) is 38.0 Å². The van der Waals surface area contributed by atoms with Gasteiger partial charge in [0.1, 0.15) is 0 Å². The molecule has 1 N–H and O–H groups in total. The van der Waals surface area contributed by atoms with E-state index in [2.05, 4.69) is 17.4 Å². The number of hydrogen-bond acceptors (Lipinski definition) is 2. The van der Waals surface area contributed by atoms with E-state index in [1.807, 2.05) is 61.5 Å². The van der Waals surface area contributed by atoms with Gasteiger partial charge in [-0.3, -0.25) is 4.79 Å². The van der Waals surface area contributed by atoms with E-state index in [9.17, 15) is 4.79 Å². The number of carbonyl (C=O) groups excluding carboxylic acids is 1. The average molecular weight is 268 g/mol.